The number of rotatable bonds is 7. The number of aliphatic hydroxyl groups is 1. The number of aromatic nitrogens is 2. The number of carbonyl (C=O) groups excluding carboxylic acids is 1. The van der Waals surface area contributed by atoms with E-state index in [9.17, 15) is 9.90 Å². The molecular formula is C30H34N4O3. The lowest BCUT2D eigenvalue weighted by molar-refractivity contribution is 0.0325. The maximum atomic E-state index is 13.6. The van der Waals surface area contributed by atoms with Gasteiger partial charge in [-0.05, 0) is 37.2 Å². The van der Waals surface area contributed by atoms with Gasteiger partial charge >= 0.3 is 0 Å². The summed E-state index contributed by atoms with van der Waals surface area (Å²) >= 11 is 0. The van der Waals surface area contributed by atoms with Gasteiger partial charge in [0.15, 0.2) is 0 Å². The van der Waals surface area contributed by atoms with Crippen molar-refractivity contribution in [3.8, 4) is 17.7 Å². The fraction of sp³-hybridized carbons (Fsp3) is 0.367. The molecule has 37 heavy (non-hydrogen) atoms. The molecular weight excluding hydrogens is 464 g/mol. The Morgan fingerprint density at radius 2 is 1.97 bits per heavy atom. The Hall–Kier alpha value is -3.73. The van der Waals surface area contributed by atoms with Crippen molar-refractivity contribution < 1.29 is 14.6 Å². The maximum absolute atomic E-state index is 13.6. The number of fused-ring (bicyclic) bond motifs is 1. The summed E-state index contributed by atoms with van der Waals surface area (Å²) in [5, 5.41) is 9.88. The summed E-state index contributed by atoms with van der Waals surface area (Å²) in [7, 11) is 2.04. The van der Waals surface area contributed by atoms with Gasteiger partial charge in [-0.3, -0.25) is 14.7 Å². The molecule has 0 bridgehead atoms. The first-order valence-corrected chi connectivity index (χ1v) is 12.6. The van der Waals surface area contributed by atoms with Crippen LogP contribution >= 0.6 is 0 Å². The second kappa shape index (κ2) is 12.5. The molecule has 4 rings (SSSR count). The first kappa shape index (κ1) is 26.3. The summed E-state index contributed by atoms with van der Waals surface area (Å²) in [4.78, 5) is 26.2. The van der Waals surface area contributed by atoms with E-state index in [1.165, 1.54) is 0 Å². The molecule has 3 heterocycles. The topological polar surface area (TPSA) is 78.8 Å². The fourth-order valence-corrected chi connectivity index (χ4v) is 4.41. The van der Waals surface area contributed by atoms with E-state index in [1.807, 2.05) is 62.6 Å². The minimum Gasteiger partial charge on any atom is -0.472 e. The fourth-order valence-electron chi connectivity index (χ4n) is 4.41. The third kappa shape index (κ3) is 6.94. The van der Waals surface area contributed by atoms with Crippen molar-refractivity contribution in [2.75, 3.05) is 26.7 Å². The molecule has 2 aromatic heterocycles. The Labute approximate surface area is 219 Å². The second-order valence-electron chi connectivity index (χ2n) is 9.72. The van der Waals surface area contributed by atoms with Crippen LogP contribution in [0.2, 0.25) is 0 Å². The van der Waals surface area contributed by atoms with Gasteiger partial charge in [-0.1, -0.05) is 55.2 Å². The number of ether oxygens (including phenoxy) is 1. The number of aliphatic hydroxyl groups excluding tert-OH is 1. The molecule has 0 fully saturated rings. The van der Waals surface area contributed by atoms with Gasteiger partial charge in [-0.15, -0.1) is 0 Å². The minimum atomic E-state index is -0.331. The summed E-state index contributed by atoms with van der Waals surface area (Å²) in [6, 6.07) is 15.4. The molecule has 3 atom stereocenters. The third-order valence-electron chi connectivity index (χ3n) is 6.56. The molecule has 1 amide bonds. The van der Waals surface area contributed by atoms with Gasteiger partial charge in [-0.25, -0.2) is 4.98 Å². The van der Waals surface area contributed by atoms with Crippen molar-refractivity contribution in [3.05, 3.63) is 89.4 Å². The Bertz CT molecular complexity index is 1240. The number of hydrogen-bond donors (Lipinski definition) is 1. The third-order valence-corrected chi connectivity index (χ3v) is 6.56. The number of nitrogens with zero attached hydrogens (tertiary/aromatic N) is 4. The zero-order chi connectivity index (χ0) is 26.2. The van der Waals surface area contributed by atoms with Crippen LogP contribution in [0.4, 0.5) is 0 Å². The lowest BCUT2D eigenvalue weighted by Crippen LogP contribution is -2.49. The average Bonchev–Trinajstić information content (AvgIpc) is 2.91. The van der Waals surface area contributed by atoms with Crippen molar-refractivity contribution in [1.82, 2.24) is 19.8 Å². The second-order valence-corrected chi connectivity index (χ2v) is 9.72. The normalized spacial score (nSPS) is 18.2. The molecule has 0 saturated heterocycles. The summed E-state index contributed by atoms with van der Waals surface area (Å²) in [5.74, 6) is 6.43. The van der Waals surface area contributed by atoms with Crippen LogP contribution in [0.25, 0.3) is 0 Å². The zero-order valence-electron chi connectivity index (χ0n) is 21.7. The van der Waals surface area contributed by atoms with Crippen LogP contribution in [0.1, 0.15) is 40.9 Å². The average molecular weight is 499 g/mol. The van der Waals surface area contributed by atoms with E-state index in [1.54, 1.807) is 23.4 Å². The highest BCUT2D eigenvalue weighted by Gasteiger charge is 2.34. The van der Waals surface area contributed by atoms with E-state index in [4.69, 9.17) is 4.74 Å². The highest BCUT2D eigenvalue weighted by molar-refractivity contribution is 5.97. The van der Waals surface area contributed by atoms with Gasteiger partial charge in [0.2, 0.25) is 5.88 Å². The zero-order valence-corrected chi connectivity index (χ0v) is 21.7. The predicted molar refractivity (Wildman–Crippen MR) is 143 cm³/mol. The van der Waals surface area contributed by atoms with Crippen molar-refractivity contribution in [3.63, 3.8) is 0 Å². The molecule has 1 N–H and O–H groups in total. The van der Waals surface area contributed by atoms with Crippen LogP contribution in [0.15, 0.2) is 67.1 Å². The van der Waals surface area contributed by atoms with E-state index in [0.29, 0.717) is 36.5 Å². The van der Waals surface area contributed by atoms with Crippen molar-refractivity contribution in [2.24, 2.45) is 5.92 Å². The number of hydrogen-bond acceptors (Lipinski definition) is 6. The number of pyridine rings is 2. The van der Waals surface area contributed by atoms with Crippen LogP contribution < -0.4 is 4.74 Å². The summed E-state index contributed by atoms with van der Waals surface area (Å²) in [5.41, 5.74) is 3.27. The lowest BCUT2D eigenvalue weighted by atomic mass is 9.99. The van der Waals surface area contributed by atoms with Gasteiger partial charge in [0.25, 0.3) is 5.91 Å². The monoisotopic (exact) mass is 498 g/mol. The van der Waals surface area contributed by atoms with E-state index in [2.05, 4.69) is 33.6 Å². The largest absolute Gasteiger partial charge is 0.472 e. The SMILES string of the molecule is C[C@H](CO)N1C[C@H](C)[C@H](CN(C)Cc2cccnc2)Oc2ncc(C#CCc3ccccc3)cc2C1=O. The van der Waals surface area contributed by atoms with Gasteiger partial charge in [0.05, 0.1) is 12.6 Å². The van der Waals surface area contributed by atoms with Crippen LogP contribution in [0, 0.1) is 17.8 Å². The molecule has 1 aliphatic rings. The molecule has 0 aliphatic carbocycles. The quantitative estimate of drug-likeness (QED) is 0.503. The highest BCUT2D eigenvalue weighted by atomic mass is 16.5. The molecule has 192 valence electrons. The number of likely N-dealkylation sites (N-methyl/N-ethyl adjacent to an activating group) is 1. The number of benzene rings is 1. The van der Waals surface area contributed by atoms with E-state index >= 15 is 0 Å². The first-order valence-electron chi connectivity index (χ1n) is 12.6. The van der Waals surface area contributed by atoms with E-state index in [-0.39, 0.29) is 30.6 Å². The molecule has 1 aliphatic heterocycles. The molecule has 0 radical (unpaired) electrons. The van der Waals surface area contributed by atoms with Crippen molar-refractivity contribution in [1.29, 1.82) is 0 Å². The van der Waals surface area contributed by atoms with Gasteiger partial charge < -0.3 is 14.7 Å². The molecule has 3 aromatic rings. The van der Waals surface area contributed by atoms with Crippen LogP contribution in [-0.2, 0) is 13.0 Å². The van der Waals surface area contributed by atoms with Crippen LogP contribution in [-0.4, -0.2) is 69.7 Å². The van der Waals surface area contributed by atoms with E-state index in [0.717, 1.165) is 17.7 Å². The Morgan fingerprint density at radius 1 is 1.19 bits per heavy atom. The Morgan fingerprint density at radius 3 is 2.70 bits per heavy atom. The number of amides is 1. The Balaban J connectivity index is 1.59. The van der Waals surface area contributed by atoms with Crippen LogP contribution in [0.3, 0.4) is 0 Å². The van der Waals surface area contributed by atoms with Gasteiger partial charge in [-0.2, -0.15) is 0 Å². The maximum Gasteiger partial charge on any atom is 0.259 e. The van der Waals surface area contributed by atoms with Crippen molar-refractivity contribution in [2.45, 2.75) is 39.0 Å². The minimum absolute atomic E-state index is 0.0228. The van der Waals surface area contributed by atoms with E-state index < -0.39 is 0 Å². The molecule has 1 aromatic carbocycles. The standard InChI is InChI=1S/C30H34N4O3/c1-22-18-34(23(2)21-35)30(36)27-15-25(12-7-11-24-9-5-4-6-10-24)17-32-29(27)37-28(22)20-33(3)19-26-13-8-14-31-16-26/h4-6,8-10,13-17,22-23,28,35H,11,18-21H2,1-3H3/t22-,23+,28-/m0/s1. The molecule has 7 nitrogen and oxygen atoms in total. The molecule has 7 heteroatoms. The molecule has 0 saturated carbocycles. The first-order chi connectivity index (χ1) is 17.9. The molecule has 0 spiro atoms. The highest BCUT2D eigenvalue weighted by Crippen LogP contribution is 2.27. The predicted octanol–water partition coefficient (Wildman–Crippen LogP) is 3.42. The summed E-state index contributed by atoms with van der Waals surface area (Å²) in [6.45, 7) is 5.64. The Kier molecular flexibility index (Phi) is 8.89. The van der Waals surface area contributed by atoms with Gasteiger partial charge in [0.1, 0.15) is 11.7 Å². The lowest BCUT2D eigenvalue weighted by Gasteiger charge is -2.37. The summed E-state index contributed by atoms with van der Waals surface area (Å²) in [6.07, 6.45) is 5.69. The summed E-state index contributed by atoms with van der Waals surface area (Å²) < 4.78 is 6.39. The van der Waals surface area contributed by atoms with Crippen LogP contribution in [0.5, 0.6) is 5.88 Å². The van der Waals surface area contributed by atoms with Gasteiger partial charge in [0, 0.05) is 56.1 Å². The smallest absolute Gasteiger partial charge is 0.259 e. The number of carbonyl (C=O) groups is 1. The van der Waals surface area contributed by atoms with Crippen molar-refractivity contribution >= 4 is 5.91 Å². The molecule has 0 unspecified atom stereocenters.